The summed E-state index contributed by atoms with van der Waals surface area (Å²) in [6.07, 6.45) is 0. The summed E-state index contributed by atoms with van der Waals surface area (Å²) in [6, 6.07) is 11.2. The van der Waals surface area contributed by atoms with Gasteiger partial charge in [-0.25, -0.2) is 4.98 Å². The van der Waals surface area contributed by atoms with Gasteiger partial charge < -0.3 is 9.67 Å². The second-order valence-electron chi connectivity index (χ2n) is 5.19. The van der Waals surface area contributed by atoms with Crippen molar-refractivity contribution >= 4 is 38.6 Å². The van der Waals surface area contributed by atoms with Gasteiger partial charge >= 0.3 is 0 Å². The Balaban J connectivity index is 2.36. The number of phenols is 1. The lowest BCUT2D eigenvalue weighted by atomic mass is 10.2. The fourth-order valence-electron chi connectivity index (χ4n) is 2.47. The van der Waals surface area contributed by atoms with E-state index in [-0.39, 0.29) is 11.8 Å². The lowest BCUT2D eigenvalue weighted by Crippen LogP contribution is -2.03. The Morgan fingerprint density at radius 2 is 1.95 bits per heavy atom. The molecule has 3 nitrogen and oxygen atoms in total. The van der Waals surface area contributed by atoms with Crippen molar-refractivity contribution in [1.82, 2.24) is 9.55 Å². The average molecular weight is 366 g/mol. The van der Waals surface area contributed by atoms with Crippen LogP contribution in [0.4, 0.5) is 0 Å². The van der Waals surface area contributed by atoms with Crippen LogP contribution in [0.1, 0.15) is 19.9 Å². The van der Waals surface area contributed by atoms with Crippen molar-refractivity contribution in [2.75, 3.05) is 0 Å². The highest BCUT2D eigenvalue weighted by molar-refractivity contribution is 9.10. The molecule has 21 heavy (non-hydrogen) atoms. The molecule has 0 amide bonds. The van der Waals surface area contributed by atoms with Gasteiger partial charge in [-0.15, -0.1) is 0 Å². The first-order chi connectivity index (χ1) is 9.97. The van der Waals surface area contributed by atoms with E-state index in [4.69, 9.17) is 11.6 Å². The Hall–Kier alpha value is -1.52. The Labute approximate surface area is 136 Å². The van der Waals surface area contributed by atoms with Gasteiger partial charge in [0, 0.05) is 15.5 Å². The van der Waals surface area contributed by atoms with E-state index in [9.17, 15) is 5.11 Å². The van der Waals surface area contributed by atoms with Crippen molar-refractivity contribution in [3.05, 3.63) is 45.9 Å². The maximum atomic E-state index is 10.2. The molecule has 0 radical (unpaired) electrons. The van der Waals surface area contributed by atoms with E-state index >= 15 is 0 Å². The molecule has 0 saturated carbocycles. The molecule has 0 aliphatic heterocycles. The lowest BCUT2D eigenvalue weighted by Gasteiger charge is -2.14. The zero-order chi connectivity index (χ0) is 15.1. The fraction of sp³-hybridized carbons (Fsp3) is 0.188. The molecule has 5 heteroatoms. The highest BCUT2D eigenvalue weighted by Crippen LogP contribution is 2.35. The molecule has 0 spiro atoms. The molecular weight excluding hydrogens is 352 g/mol. The second-order valence-corrected chi connectivity index (χ2v) is 6.55. The van der Waals surface area contributed by atoms with Gasteiger partial charge in [0.25, 0.3) is 0 Å². The van der Waals surface area contributed by atoms with Gasteiger partial charge in [0.15, 0.2) is 0 Å². The number of fused-ring (bicyclic) bond motifs is 1. The van der Waals surface area contributed by atoms with E-state index in [1.54, 1.807) is 12.1 Å². The lowest BCUT2D eigenvalue weighted by molar-refractivity contribution is 0.476. The van der Waals surface area contributed by atoms with Crippen LogP contribution >= 0.6 is 27.5 Å². The summed E-state index contributed by atoms with van der Waals surface area (Å²) >= 11 is 9.55. The van der Waals surface area contributed by atoms with Gasteiger partial charge in [-0.05, 0) is 50.2 Å². The summed E-state index contributed by atoms with van der Waals surface area (Å²) in [4.78, 5) is 4.67. The molecule has 0 saturated heterocycles. The number of aromatic hydroxyl groups is 1. The van der Waals surface area contributed by atoms with Crippen molar-refractivity contribution in [1.29, 1.82) is 0 Å². The number of hydrogen-bond acceptors (Lipinski definition) is 2. The summed E-state index contributed by atoms with van der Waals surface area (Å²) in [6.45, 7) is 4.17. The van der Waals surface area contributed by atoms with Crippen LogP contribution in [-0.2, 0) is 0 Å². The van der Waals surface area contributed by atoms with Crippen LogP contribution in [0.5, 0.6) is 5.75 Å². The molecule has 2 aromatic carbocycles. The van der Waals surface area contributed by atoms with Crippen LogP contribution in [0, 0.1) is 0 Å². The summed E-state index contributed by atoms with van der Waals surface area (Å²) < 4.78 is 2.98. The number of imidazole rings is 1. The number of rotatable bonds is 2. The van der Waals surface area contributed by atoms with E-state index in [0.717, 1.165) is 21.3 Å². The van der Waals surface area contributed by atoms with Gasteiger partial charge in [-0.2, -0.15) is 0 Å². The van der Waals surface area contributed by atoms with E-state index in [1.807, 2.05) is 24.3 Å². The SMILES string of the molecule is CC(C)n1c(-c2cc(Br)ccc2O)nc2ccc(Cl)cc21. The van der Waals surface area contributed by atoms with Crippen LogP contribution in [0.2, 0.25) is 5.02 Å². The molecular formula is C16H14BrClN2O. The predicted molar refractivity (Wildman–Crippen MR) is 89.9 cm³/mol. The van der Waals surface area contributed by atoms with Crippen molar-refractivity contribution in [3.63, 3.8) is 0 Å². The third kappa shape index (κ3) is 2.54. The molecule has 0 atom stereocenters. The third-order valence-electron chi connectivity index (χ3n) is 3.37. The molecule has 108 valence electrons. The Bertz CT molecular complexity index is 827. The van der Waals surface area contributed by atoms with Gasteiger partial charge in [-0.3, -0.25) is 0 Å². The molecule has 1 N–H and O–H groups in total. The monoisotopic (exact) mass is 364 g/mol. The maximum Gasteiger partial charge on any atom is 0.145 e. The number of phenolic OH excluding ortho intramolecular Hbond substituents is 1. The Morgan fingerprint density at radius 3 is 2.67 bits per heavy atom. The Kier molecular flexibility index (Phi) is 3.68. The topological polar surface area (TPSA) is 38.0 Å². The zero-order valence-electron chi connectivity index (χ0n) is 11.6. The van der Waals surface area contributed by atoms with Gasteiger partial charge in [-0.1, -0.05) is 27.5 Å². The largest absolute Gasteiger partial charge is 0.507 e. The van der Waals surface area contributed by atoms with E-state index in [0.29, 0.717) is 10.6 Å². The second kappa shape index (κ2) is 5.35. The average Bonchev–Trinajstić information content (AvgIpc) is 2.79. The van der Waals surface area contributed by atoms with Gasteiger partial charge in [0.05, 0.1) is 16.6 Å². The predicted octanol–water partition coefficient (Wildman–Crippen LogP) is 5.41. The molecule has 1 heterocycles. The molecule has 0 unspecified atom stereocenters. The van der Waals surface area contributed by atoms with E-state index < -0.39 is 0 Å². The van der Waals surface area contributed by atoms with Gasteiger partial charge in [0.2, 0.25) is 0 Å². The quantitative estimate of drug-likeness (QED) is 0.659. The van der Waals surface area contributed by atoms with Crippen molar-refractivity contribution in [2.24, 2.45) is 0 Å². The summed E-state index contributed by atoms with van der Waals surface area (Å²) in [5.41, 5.74) is 2.53. The number of aromatic nitrogens is 2. The summed E-state index contributed by atoms with van der Waals surface area (Å²) in [5.74, 6) is 0.947. The minimum absolute atomic E-state index is 0.196. The van der Waals surface area contributed by atoms with Crippen molar-refractivity contribution in [3.8, 4) is 17.1 Å². The standard InChI is InChI=1S/C16H14BrClN2O/c1-9(2)20-14-8-11(18)4-5-13(14)19-16(20)12-7-10(17)3-6-15(12)21/h3-9,21H,1-2H3. The van der Waals surface area contributed by atoms with Gasteiger partial charge in [0.1, 0.15) is 11.6 Å². The molecule has 0 bridgehead atoms. The fourth-order valence-corrected chi connectivity index (χ4v) is 2.99. The van der Waals surface area contributed by atoms with Crippen LogP contribution in [0.25, 0.3) is 22.4 Å². The number of benzene rings is 2. The molecule has 0 fully saturated rings. The normalized spacial score (nSPS) is 11.5. The Morgan fingerprint density at radius 1 is 1.19 bits per heavy atom. The number of halogens is 2. The van der Waals surface area contributed by atoms with E-state index in [2.05, 4.69) is 39.3 Å². The number of nitrogens with zero attached hydrogens (tertiary/aromatic N) is 2. The van der Waals surface area contributed by atoms with Crippen LogP contribution in [0.15, 0.2) is 40.9 Å². The van der Waals surface area contributed by atoms with E-state index in [1.165, 1.54) is 0 Å². The van der Waals surface area contributed by atoms with Crippen LogP contribution < -0.4 is 0 Å². The highest BCUT2D eigenvalue weighted by Gasteiger charge is 2.18. The summed E-state index contributed by atoms with van der Waals surface area (Å²) in [7, 11) is 0. The molecule has 3 rings (SSSR count). The minimum atomic E-state index is 0.196. The first-order valence-electron chi connectivity index (χ1n) is 6.63. The third-order valence-corrected chi connectivity index (χ3v) is 4.10. The van der Waals surface area contributed by atoms with Crippen molar-refractivity contribution in [2.45, 2.75) is 19.9 Å². The van der Waals surface area contributed by atoms with Crippen LogP contribution in [-0.4, -0.2) is 14.7 Å². The van der Waals surface area contributed by atoms with Crippen molar-refractivity contribution < 1.29 is 5.11 Å². The molecule has 1 aromatic heterocycles. The summed E-state index contributed by atoms with van der Waals surface area (Å²) in [5, 5.41) is 10.8. The van der Waals surface area contributed by atoms with Crippen LogP contribution in [0.3, 0.4) is 0 Å². The first-order valence-corrected chi connectivity index (χ1v) is 7.81. The smallest absolute Gasteiger partial charge is 0.145 e. The molecule has 0 aliphatic rings. The highest BCUT2D eigenvalue weighted by atomic mass is 79.9. The zero-order valence-corrected chi connectivity index (χ0v) is 14.0. The first kappa shape index (κ1) is 14.4. The molecule has 3 aromatic rings. The minimum Gasteiger partial charge on any atom is -0.507 e. The number of hydrogen-bond donors (Lipinski definition) is 1. The molecule has 0 aliphatic carbocycles. The maximum absolute atomic E-state index is 10.2.